The van der Waals surface area contributed by atoms with Crippen LogP contribution in [0.5, 0.6) is 5.75 Å². The van der Waals surface area contributed by atoms with Gasteiger partial charge in [-0.15, -0.1) is 0 Å². The largest absolute Gasteiger partial charge is 0.490 e. The van der Waals surface area contributed by atoms with Crippen molar-refractivity contribution in [1.82, 2.24) is 10.2 Å². The number of carbonyl (C=O) groups is 1. The number of amides is 1. The van der Waals surface area contributed by atoms with E-state index in [0.717, 1.165) is 5.56 Å². The topological polar surface area (TPSA) is 84.7 Å². The van der Waals surface area contributed by atoms with Crippen molar-refractivity contribution in [1.29, 1.82) is 0 Å². The standard InChI is InChI=1S/C14H21N3O4/c1-4-16(5-2)14(18)10-15-9-11-6-7-13(21-3)12(8-11)17(19)20/h6-8,15H,4-5,9-10H2,1-3H3. The SMILES string of the molecule is CCN(CC)C(=O)CNCc1ccc(OC)c([N+](=O)[O-])c1. The van der Waals surface area contributed by atoms with Gasteiger partial charge >= 0.3 is 5.69 Å². The maximum atomic E-state index is 11.8. The van der Waals surface area contributed by atoms with Crippen LogP contribution in [0, 0.1) is 10.1 Å². The average molecular weight is 295 g/mol. The number of hydrogen-bond acceptors (Lipinski definition) is 5. The van der Waals surface area contributed by atoms with Crippen molar-refractivity contribution in [2.75, 3.05) is 26.7 Å². The molecule has 0 aromatic heterocycles. The molecule has 0 bridgehead atoms. The predicted octanol–water partition coefficient (Wildman–Crippen LogP) is 1.56. The summed E-state index contributed by atoms with van der Waals surface area (Å²) < 4.78 is 4.94. The van der Waals surface area contributed by atoms with Crippen LogP contribution in [0.1, 0.15) is 19.4 Å². The van der Waals surface area contributed by atoms with E-state index >= 15 is 0 Å². The average Bonchev–Trinajstić information content (AvgIpc) is 2.48. The number of rotatable bonds is 8. The highest BCUT2D eigenvalue weighted by Crippen LogP contribution is 2.27. The molecule has 0 aliphatic heterocycles. The molecule has 0 saturated heterocycles. The van der Waals surface area contributed by atoms with E-state index in [4.69, 9.17) is 4.74 Å². The minimum atomic E-state index is -0.483. The Morgan fingerprint density at radius 3 is 2.57 bits per heavy atom. The fraction of sp³-hybridized carbons (Fsp3) is 0.500. The Hall–Kier alpha value is -2.15. The molecular formula is C14H21N3O4. The Kier molecular flexibility index (Phi) is 6.61. The summed E-state index contributed by atoms with van der Waals surface area (Å²) in [5, 5.41) is 13.9. The third kappa shape index (κ3) is 4.71. The maximum absolute atomic E-state index is 11.8. The van der Waals surface area contributed by atoms with Crippen LogP contribution >= 0.6 is 0 Å². The molecule has 0 saturated carbocycles. The first-order valence-corrected chi connectivity index (χ1v) is 6.83. The lowest BCUT2D eigenvalue weighted by Gasteiger charge is -2.18. The van der Waals surface area contributed by atoms with E-state index in [-0.39, 0.29) is 23.9 Å². The monoisotopic (exact) mass is 295 g/mol. The van der Waals surface area contributed by atoms with E-state index in [2.05, 4.69) is 5.32 Å². The van der Waals surface area contributed by atoms with Gasteiger partial charge in [-0.1, -0.05) is 6.07 Å². The van der Waals surface area contributed by atoms with Crippen LogP contribution in [0.2, 0.25) is 0 Å². The molecule has 1 aromatic rings. The van der Waals surface area contributed by atoms with Gasteiger partial charge in [0.05, 0.1) is 18.6 Å². The summed E-state index contributed by atoms with van der Waals surface area (Å²) in [4.78, 5) is 24.0. The molecule has 21 heavy (non-hydrogen) atoms. The maximum Gasteiger partial charge on any atom is 0.311 e. The first-order valence-electron chi connectivity index (χ1n) is 6.83. The summed E-state index contributed by atoms with van der Waals surface area (Å²) in [7, 11) is 1.39. The van der Waals surface area contributed by atoms with Gasteiger partial charge in [-0.05, 0) is 25.5 Å². The number of carbonyl (C=O) groups excluding carboxylic acids is 1. The van der Waals surface area contributed by atoms with Crippen molar-refractivity contribution in [3.05, 3.63) is 33.9 Å². The predicted molar refractivity (Wildman–Crippen MR) is 79.3 cm³/mol. The number of nitro benzene ring substituents is 1. The molecule has 1 N–H and O–H groups in total. The van der Waals surface area contributed by atoms with Crippen LogP contribution in [0.4, 0.5) is 5.69 Å². The second-order valence-corrected chi connectivity index (χ2v) is 4.43. The third-order valence-electron chi connectivity index (χ3n) is 3.16. The number of nitrogens with one attached hydrogen (secondary N) is 1. The van der Waals surface area contributed by atoms with Crippen LogP contribution in [0.25, 0.3) is 0 Å². The molecule has 1 amide bonds. The molecule has 0 radical (unpaired) electrons. The van der Waals surface area contributed by atoms with Gasteiger partial charge in [0.2, 0.25) is 5.91 Å². The van der Waals surface area contributed by atoms with E-state index in [1.807, 2.05) is 13.8 Å². The molecule has 0 fully saturated rings. The van der Waals surface area contributed by atoms with Crippen molar-refractivity contribution in [2.45, 2.75) is 20.4 Å². The molecule has 0 unspecified atom stereocenters. The van der Waals surface area contributed by atoms with Gasteiger partial charge in [0.25, 0.3) is 0 Å². The van der Waals surface area contributed by atoms with E-state index in [1.54, 1.807) is 17.0 Å². The molecule has 0 aliphatic carbocycles. The third-order valence-corrected chi connectivity index (χ3v) is 3.16. The number of methoxy groups -OCH3 is 1. The number of nitrogens with zero attached hydrogens (tertiary/aromatic N) is 2. The molecular weight excluding hydrogens is 274 g/mol. The summed E-state index contributed by atoms with van der Waals surface area (Å²) in [5.41, 5.74) is 0.654. The summed E-state index contributed by atoms with van der Waals surface area (Å²) in [6.07, 6.45) is 0. The number of likely N-dealkylation sites (N-methyl/N-ethyl adjacent to an activating group) is 1. The highest BCUT2D eigenvalue weighted by Gasteiger charge is 2.15. The van der Waals surface area contributed by atoms with E-state index in [0.29, 0.717) is 19.6 Å². The van der Waals surface area contributed by atoms with Crippen LogP contribution in [-0.2, 0) is 11.3 Å². The fourth-order valence-electron chi connectivity index (χ4n) is 1.99. The van der Waals surface area contributed by atoms with Crippen molar-refractivity contribution < 1.29 is 14.5 Å². The van der Waals surface area contributed by atoms with Gasteiger partial charge in [0, 0.05) is 25.7 Å². The van der Waals surface area contributed by atoms with Crippen molar-refractivity contribution >= 4 is 11.6 Å². The van der Waals surface area contributed by atoms with Crippen LogP contribution in [0.15, 0.2) is 18.2 Å². The van der Waals surface area contributed by atoms with Crippen molar-refractivity contribution in [2.24, 2.45) is 0 Å². The Bertz CT molecular complexity index is 501. The number of benzene rings is 1. The minimum Gasteiger partial charge on any atom is -0.490 e. The molecule has 0 heterocycles. The normalized spacial score (nSPS) is 10.2. The summed E-state index contributed by atoms with van der Waals surface area (Å²) >= 11 is 0. The quantitative estimate of drug-likeness (QED) is 0.581. The first kappa shape index (κ1) is 16.9. The first-order chi connectivity index (χ1) is 10.0. The fourth-order valence-corrected chi connectivity index (χ4v) is 1.99. The van der Waals surface area contributed by atoms with Crippen molar-refractivity contribution in [3.63, 3.8) is 0 Å². The van der Waals surface area contributed by atoms with E-state index in [9.17, 15) is 14.9 Å². The molecule has 7 heteroatoms. The Balaban J connectivity index is 2.62. The molecule has 0 atom stereocenters. The minimum absolute atomic E-state index is 0.0167. The number of hydrogen-bond donors (Lipinski definition) is 1. The molecule has 1 rings (SSSR count). The second kappa shape index (κ2) is 8.21. The zero-order chi connectivity index (χ0) is 15.8. The zero-order valence-corrected chi connectivity index (χ0v) is 12.6. The molecule has 0 spiro atoms. The molecule has 116 valence electrons. The van der Waals surface area contributed by atoms with Crippen molar-refractivity contribution in [3.8, 4) is 5.75 Å². The van der Waals surface area contributed by atoms with Crippen LogP contribution < -0.4 is 10.1 Å². The lowest BCUT2D eigenvalue weighted by molar-refractivity contribution is -0.385. The molecule has 0 aliphatic rings. The highest BCUT2D eigenvalue weighted by molar-refractivity contribution is 5.78. The smallest absolute Gasteiger partial charge is 0.311 e. The Morgan fingerprint density at radius 2 is 2.05 bits per heavy atom. The summed E-state index contributed by atoms with van der Waals surface area (Å²) in [5.74, 6) is 0.242. The lowest BCUT2D eigenvalue weighted by Crippen LogP contribution is -2.37. The van der Waals surface area contributed by atoms with Gasteiger partial charge in [-0.25, -0.2) is 0 Å². The van der Waals surface area contributed by atoms with Gasteiger partial charge in [-0.3, -0.25) is 14.9 Å². The number of ether oxygens (including phenoxy) is 1. The number of nitro groups is 1. The summed E-state index contributed by atoms with van der Waals surface area (Å²) in [6, 6.07) is 4.75. The van der Waals surface area contributed by atoms with Gasteiger partial charge in [-0.2, -0.15) is 0 Å². The molecule has 7 nitrogen and oxygen atoms in total. The van der Waals surface area contributed by atoms with Crippen LogP contribution in [-0.4, -0.2) is 42.5 Å². The van der Waals surface area contributed by atoms with E-state index in [1.165, 1.54) is 13.2 Å². The zero-order valence-electron chi connectivity index (χ0n) is 12.6. The lowest BCUT2D eigenvalue weighted by atomic mass is 10.2. The Labute approximate surface area is 124 Å². The van der Waals surface area contributed by atoms with Crippen LogP contribution in [0.3, 0.4) is 0 Å². The highest BCUT2D eigenvalue weighted by atomic mass is 16.6. The molecule has 1 aromatic carbocycles. The summed E-state index contributed by atoms with van der Waals surface area (Å²) in [6.45, 7) is 5.79. The van der Waals surface area contributed by atoms with E-state index < -0.39 is 4.92 Å². The van der Waals surface area contributed by atoms with Gasteiger partial charge in [0.1, 0.15) is 0 Å². The van der Waals surface area contributed by atoms with Gasteiger partial charge in [0.15, 0.2) is 5.75 Å². The Morgan fingerprint density at radius 1 is 1.38 bits per heavy atom. The second-order valence-electron chi connectivity index (χ2n) is 4.43. The van der Waals surface area contributed by atoms with Gasteiger partial charge < -0.3 is 15.0 Å².